The molecule has 25 heavy (non-hydrogen) atoms. The van der Waals surface area contributed by atoms with E-state index in [9.17, 15) is 0 Å². The summed E-state index contributed by atoms with van der Waals surface area (Å²) in [6.45, 7) is 13.1. The first-order valence-electron chi connectivity index (χ1n) is 10.9. The van der Waals surface area contributed by atoms with Crippen LogP contribution in [0.15, 0.2) is 37.5 Å². The van der Waals surface area contributed by atoms with E-state index < -0.39 is 0 Å². The van der Waals surface area contributed by atoms with Gasteiger partial charge >= 0.3 is 0 Å². The Bertz CT molecular complexity index is 295. The van der Waals surface area contributed by atoms with Gasteiger partial charge in [-0.05, 0) is 38.6 Å². The molecule has 0 aromatic heterocycles. The van der Waals surface area contributed by atoms with E-state index in [1.54, 1.807) is 0 Å². The van der Waals surface area contributed by atoms with Crippen LogP contribution in [0.4, 0.5) is 0 Å². The van der Waals surface area contributed by atoms with Gasteiger partial charge in [-0.2, -0.15) is 0 Å². The molecule has 0 aromatic carbocycles. The largest absolute Gasteiger partial charge is 0.296 e. The number of hydrogen-bond acceptors (Lipinski definition) is 1. The molecule has 0 aliphatic carbocycles. The summed E-state index contributed by atoms with van der Waals surface area (Å²) < 4.78 is 0. The Morgan fingerprint density at radius 2 is 1.04 bits per heavy atom. The lowest BCUT2D eigenvalue weighted by Gasteiger charge is -2.18. The molecule has 0 amide bonds. The molecule has 0 N–H and O–H groups in total. The van der Waals surface area contributed by atoms with Crippen LogP contribution in [0.5, 0.6) is 0 Å². The molecule has 0 rings (SSSR count). The van der Waals surface area contributed by atoms with E-state index in [-0.39, 0.29) is 0 Å². The standard InChI is InChI=1S/C24H45N/c1-4-7-8-9-10-11-12-13-14-15-16-17-18-19-20-21-24-25(22-5-2)23-6-3/h5-6,13-14H,2-4,7-12,15-24H2,1H3/b14-13-. The van der Waals surface area contributed by atoms with Crippen LogP contribution in [0.2, 0.25) is 0 Å². The quantitative estimate of drug-likeness (QED) is 0.161. The van der Waals surface area contributed by atoms with E-state index in [2.05, 4.69) is 37.1 Å². The molecule has 0 aliphatic heterocycles. The van der Waals surface area contributed by atoms with Gasteiger partial charge in [-0.15, -0.1) is 13.2 Å². The van der Waals surface area contributed by atoms with Crippen LogP contribution in [0.3, 0.4) is 0 Å². The first-order chi connectivity index (χ1) is 12.3. The Morgan fingerprint density at radius 1 is 0.600 bits per heavy atom. The van der Waals surface area contributed by atoms with Crippen molar-refractivity contribution in [2.24, 2.45) is 0 Å². The second-order valence-corrected chi connectivity index (χ2v) is 7.27. The third kappa shape index (κ3) is 19.4. The van der Waals surface area contributed by atoms with Gasteiger partial charge in [-0.25, -0.2) is 0 Å². The van der Waals surface area contributed by atoms with Crippen molar-refractivity contribution in [1.82, 2.24) is 4.90 Å². The molecule has 0 saturated heterocycles. The summed E-state index contributed by atoms with van der Waals surface area (Å²) in [5, 5.41) is 0. The molecule has 0 heterocycles. The highest BCUT2D eigenvalue weighted by Gasteiger charge is 1.99. The van der Waals surface area contributed by atoms with Gasteiger partial charge in [0.1, 0.15) is 0 Å². The lowest BCUT2D eigenvalue weighted by Crippen LogP contribution is -2.24. The predicted octanol–water partition coefficient (Wildman–Crippen LogP) is 7.70. The fourth-order valence-corrected chi connectivity index (χ4v) is 3.21. The Morgan fingerprint density at radius 3 is 1.52 bits per heavy atom. The summed E-state index contributed by atoms with van der Waals surface area (Å²) in [5.41, 5.74) is 0. The zero-order valence-corrected chi connectivity index (χ0v) is 17.2. The van der Waals surface area contributed by atoms with E-state index in [0.717, 1.165) is 13.1 Å². The first-order valence-corrected chi connectivity index (χ1v) is 10.9. The monoisotopic (exact) mass is 347 g/mol. The van der Waals surface area contributed by atoms with Gasteiger partial charge in [0, 0.05) is 13.1 Å². The van der Waals surface area contributed by atoms with Crippen LogP contribution in [0.25, 0.3) is 0 Å². The third-order valence-electron chi connectivity index (χ3n) is 4.76. The summed E-state index contributed by atoms with van der Waals surface area (Å²) in [6.07, 6.45) is 28.0. The van der Waals surface area contributed by atoms with Crippen molar-refractivity contribution in [3.63, 3.8) is 0 Å². The minimum absolute atomic E-state index is 0.983. The average Bonchev–Trinajstić information content (AvgIpc) is 2.61. The van der Waals surface area contributed by atoms with Gasteiger partial charge < -0.3 is 0 Å². The maximum atomic E-state index is 3.83. The van der Waals surface area contributed by atoms with E-state index in [0.29, 0.717) is 0 Å². The Kier molecular flexibility index (Phi) is 20.5. The normalized spacial score (nSPS) is 11.4. The van der Waals surface area contributed by atoms with Crippen LogP contribution in [-0.2, 0) is 0 Å². The van der Waals surface area contributed by atoms with Crippen molar-refractivity contribution in [2.45, 2.75) is 96.8 Å². The van der Waals surface area contributed by atoms with Crippen LogP contribution >= 0.6 is 0 Å². The molecular formula is C24H45N. The van der Waals surface area contributed by atoms with Crippen LogP contribution in [0.1, 0.15) is 96.8 Å². The van der Waals surface area contributed by atoms with E-state index in [1.165, 1.54) is 96.4 Å². The van der Waals surface area contributed by atoms with E-state index >= 15 is 0 Å². The molecular weight excluding hydrogens is 302 g/mol. The highest BCUT2D eigenvalue weighted by atomic mass is 15.1. The smallest absolute Gasteiger partial charge is 0.0163 e. The van der Waals surface area contributed by atoms with Crippen molar-refractivity contribution in [1.29, 1.82) is 0 Å². The number of nitrogens with zero attached hydrogens (tertiary/aromatic N) is 1. The third-order valence-corrected chi connectivity index (χ3v) is 4.76. The lowest BCUT2D eigenvalue weighted by molar-refractivity contribution is 0.324. The molecule has 0 unspecified atom stereocenters. The number of unbranched alkanes of at least 4 members (excludes halogenated alkanes) is 12. The highest BCUT2D eigenvalue weighted by molar-refractivity contribution is 4.81. The maximum Gasteiger partial charge on any atom is 0.0163 e. The predicted molar refractivity (Wildman–Crippen MR) is 116 cm³/mol. The summed E-state index contributed by atoms with van der Waals surface area (Å²) in [4.78, 5) is 2.41. The Balaban J connectivity index is 3.26. The summed E-state index contributed by atoms with van der Waals surface area (Å²) in [6, 6.07) is 0. The van der Waals surface area contributed by atoms with Gasteiger partial charge in [0.15, 0.2) is 0 Å². The van der Waals surface area contributed by atoms with Gasteiger partial charge in [-0.1, -0.05) is 89.0 Å². The second kappa shape index (κ2) is 21.2. The molecule has 0 radical (unpaired) electrons. The molecule has 0 aliphatic rings. The van der Waals surface area contributed by atoms with Gasteiger partial charge in [0.05, 0.1) is 0 Å². The van der Waals surface area contributed by atoms with Gasteiger partial charge in [0.25, 0.3) is 0 Å². The van der Waals surface area contributed by atoms with E-state index in [1.807, 2.05) is 12.2 Å². The first kappa shape index (κ1) is 24.2. The zero-order valence-electron chi connectivity index (χ0n) is 17.2. The fourth-order valence-electron chi connectivity index (χ4n) is 3.21. The molecule has 146 valence electrons. The summed E-state index contributed by atoms with van der Waals surface area (Å²) in [5.74, 6) is 0. The SMILES string of the molecule is C=CCN(CC=C)CCCCCCCC/C=C\CCCCCCCC. The van der Waals surface area contributed by atoms with Crippen molar-refractivity contribution < 1.29 is 0 Å². The minimum Gasteiger partial charge on any atom is -0.296 e. The zero-order chi connectivity index (χ0) is 18.4. The highest BCUT2D eigenvalue weighted by Crippen LogP contribution is 2.10. The van der Waals surface area contributed by atoms with E-state index in [4.69, 9.17) is 0 Å². The van der Waals surface area contributed by atoms with Crippen molar-refractivity contribution in [3.05, 3.63) is 37.5 Å². The number of rotatable bonds is 20. The molecule has 0 saturated carbocycles. The van der Waals surface area contributed by atoms with Crippen LogP contribution < -0.4 is 0 Å². The Labute approximate surface area is 159 Å². The molecule has 0 aromatic rings. The molecule has 0 bridgehead atoms. The number of allylic oxidation sites excluding steroid dienone is 2. The molecule has 0 spiro atoms. The molecule has 0 fully saturated rings. The van der Waals surface area contributed by atoms with Crippen molar-refractivity contribution in [2.75, 3.05) is 19.6 Å². The lowest BCUT2D eigenvalue weighted by atomic mass is 10.1. The molecule has 1 heteroatoms. The topological polar surface area (TPSA) is 3.24 Å². The molecule has 0 atom stereocenters. The molecule has 1 nitrogen and oxygen atoms in total. The van der Waals surface area contributed by atoms with Gasteiger partial charge in [0.2, 0.25) is 0 Å². The maximum absolute atomic E-state index is 3.83. The second-order valence-electron chi connectivity index (χ2n) is 7.27. The fraction of sp³-hybridized carbons (Fsp3) is 0.750. The minimum atomic E-state index is 0.983. The van der Waals surface area contributed by atoms with Crippen molar-refractivity contribution in [3.8, 4) is 0 Å². The average molecular weight is 348 g/mol. The van der Waals surface area contributed by atoms with Crippen LogP contribution in [0, 0.1) is 0 Å². The van der Waals surface area contributed by atoms with Crippen LogP contribution in [-0.4, -0.2) is 24.5 Å². The number of hydrogen-bond donors (Lipinski definition) is 0. The summed E-state index contributed by atoms with van der Waals surface area (Å²) in [7, 11) is 0. The van der Waals surface area contributed by atoms with Gasteiger partial charge in [-0.3, -0.25) is 4.90 Å². The Hall–Kier alpha value is -0.820. The van der Waals surface area contributed by atoms with Crippen molar-refractivity contribution >= 4 is 0 Å². The summed E-state index contributed by atoms with van der Waals surface area (Å²) >= 11 is 0.